The van der Waals surface area contributed by atoms with Gasteiger partial charge in [-0.05, 0) is 55.2 Å². The molecule has 33 heavy (non-hydrogen) atoms. The zero-order valence-electron chi connectivity index (χ0n) is 19.3. The summed E-state index contributed by atoms with van der Waals surface area (Å²) in [6, 6.07) is 12.8. The van der Waals surface area contributed by atoms with Crippen LogP contribution in [-0.2, 0) is 22.6 Å². The Morgan fingerprint density at radius 2 is 1.76 bits per heavy atom. The Balaban J connectivity index is 1.72. The molecule has 1 N–H and O–H groups in total. The Labute approximate surface area is 192 Å². The molecule has 1 amide bonds. The van der Waals surface area contributed by atoms with Crippen molar-refractivity contribution in [1.82, 2.24) is 5.32 Å². The number of fused-ring (bicyclic) bond motifs is 1. The van der Waals surface area contributed by atoms with E-state index in [0.717, 1.165) is 12.0 Å². The van der Waals surface area contributed by atoms with Crippen LogP contribution < -0.4 is 15.7 Å². The highest BCUT2D eigenvalue weighted by atomic mass is 16.5. The molecule has 0 fully saturated rings. The van der Waals surface area contributed by atoms with E-state index in [4.69, 9.17) is 13.9 Å². The minimum absolute atomic E-state index is 0.103. The maximum Gasteiger partial charge on any atom is 0.336 e. The van der Waals surface area contributed by atoms with Crippen molar-refractivity contribution in [1.29, 1.82) is 0 Å². The monoisotopic (exact) mass is 451 g/mol. The highest BCUT2D eigenvalue weighted by Gasteiger charge is 2.26. The standard InChI is InChI=1S/C26H29NO6/c1-5-17-7-12-21-19(14-23(28)33-22(21)13-17)15-32-26(30)24(16(3)4)27-25(29)18-8-10-20(11-9-18)31-6-2/h7-14,16,24H,5-6,15H2,1-4H3,(H,27,29)/t24-/m0/s1. The minimum atomic E-state index is -0.845. The summed E-state index contributed by atoms with van der Waals surface area (Å²) in [7, 11) is 0. The fourth-order valence-corrected chi connectivity index (χ4v) is 3.44. The van der Waals surface area contributed by atoms with Gasteiger partial charge in [-0.1, -0.05) is 32.9 Å². The van der Waals surface area contributed by atoms with E-state index in [-0.39, 0.29) is 18.4 Å². The van der Waals surface area contributed by atoms with Crippen LogP contribution in [0.5, 0.6) is 5.75 Å². The predicted octanol–water partition coefficient (Wildman–Crippen LogP) is 4.25. The SMILES string of the molecule is CCOc1ccc(C(=O)N[C@H](C(=O)OCc2cc(=O)oc3cc(CC)ccc23)C(C)C)cc1. The van der Waals surface area contributed by atoms with Gasteiger partial charge in [0, 0.05) is 22.6 Å². The summed E-state index contributed by atoms with van der Waals surface area (Å²) >= 11 is 0. The van der Waals surface area contributed by atoms with Crippen LogP contribution in [0.15, 0.2) is 57.7 Å². The number of hydrogen-bond donors (Lipinski definition) is 1. The molecule has 7 heteroatoms. The van der Waals surface area contributed by atoms with Crippen LogP contribution >= 0.6 is 0 Å². The summed E-state index contributed by atoms with van der Waals surface area (Å²) in [5.41, 5.74) is 1.95. The van der Waals surface area contributed by atoms with E-state index >= 15 is 0 Å². The maximum absolute atomic E-state index is 12.8. The third-order valence-corrected chi connectivity index (χ3v) is 5.31. The van der Waals surface area contributed by atoms with E-state index in [1.807, 2.05) is 45.9 Å². The van der Waals surface area contributed by atoms with Gasteiger partial charge in [0.15, 0.2) is 0 Å². The van der Waals surface area contributed by atoms with Gasteiger partial charge in [-0.25, -0.2) is 9.59 Å². The normalized spacial score (nSPS) is 11.9. The van der Waals surface area contributed by atoms with E-state index in [1.165, 1.54) is 6.07 Å². The molecule has 0 bridgehead atoms. The van der Waals surface area contributed by atoms with Crippen molar-refractivity contribution in [3.63, 3.8) is 0 Å². The first kappa shape index (κ1) is 24.0. The maximum atomic E-state index is 12.8. The van der Waals surface area contributed by atoms with Crippen LogP contribution in [0.3, 0.4) is 0 Å². The molecule has 7 nitrogen and oxygen atoms in total. The van der Waals surface area contributed by atoms with Gasteiger partial charge in [0.1, 0.15) is 24.0 Å². The molecule has 3 rings (SSSR count). The molecule has 1 aromatic heterocycles. The highest BCUT2D eigenvalue weighted by Crippen LogP contribution is 2.20. The molecule has 1 heterocycles. The smallest absolute Gasteiger partial charge is 0.336 e. The van der Waals surface area contributed by atoms with Crippen LogP contribution in [0, 0.1) is 5.92 Å². The van der Waals surface area contributed by atoms with Gasteiger partial charge in [0.05, 0.1) is 6.61 Å². The second-order valence-electron chi connectivity index (χ2n) is 8.03. The van der Waals surface area contributed by atoms with E-state index < -0.39 is 17.6 Å². The first-order chi connectivity index (χ1) is 15.8. The van der Waals surface area contributed by atoms with Crippen LogP contribution in [0.4, 0.5) is 0 Å². The molecular weight excluding hydrogens is 422 g/mol. The van der Waals surface area contributed by atoms with E-state index in [2.05, 4.69) is 5.32 Å². The second-order valence-corrected chi connectivity index (χ2v) is 8.03. The Morgan fingerprint density at radius 1 is 1.03 bits per heavy atom. The summed E-state index contributed by atoms with van der Waals surface area (Å²) in [6.07, 6.45) is 0.809. The number of esters is 1. The van der Waals surface area contributed by atoms with Gasteiger partial charge >= 0.3 is 11.6 Å². The lowest BCUT2D eigenvalue weighted by atomic mass is 10.0. The Hall–Kier alpha value is -3.61. The van der Waals surface area contributed by atoms with Crippen molar-refractivity contribution in [3.05, 3.63) is 75.6 Å². The van der Waals surface area contributed by atoms with Crippen molar-refractivity contribution < 1.29 is 23.5 Å². The van der Waals surface area contributed by atoms with Crippen LogP contribution in [-0.4, -0.2) is 24.5 Å². The fourth-order valence-electron chi connectivity index (χ4n) is 3.44. The van der Waals surface area contributed by atoms with E-state index in [0.29, 0.717) is 34.5 Å². The Bertz CT molecular complexity index is 1180. The minimum Gasteiger partial charge on any atom is -0.494 e. The van der Waals surface area contributed by atoms with Crippen molar-refractivity contribution in [2.24, 2.45) is 5.92 Å². The first-order valence-electron chi connectivity index (χ1n) is 11.1. The van der Waals surface area contributed by atoms with Crippen molar-refractivity contribution >= 4 is 22.8 Å². The lowest BCUT2D eigenvalue weighted by Crippen LogP contribution is -2.45. The number of nitrogens with one attached hydrogen (secondary N) is 1. The summed E-state index contributed by atoms with van der Waals surface area (Å²) in [6.45, 7) is 7.97. The molecule has 1 atom stereocenters. The Kier molecular flexibility index (Phi) is 7.87. The van der Waals surface area contributed by atoms with Gasteiger partial charge in [-0.15, -0.1) is 0 Å². The number of ether oxygens (including phenoxy) is 2. The topological polar surface area (TPSA) is 94.8 Å². The lowest BCUT2D eigenvalue weighted by Gasteiger charge is -2.21. The highest BCUT2D eigenvalue weighted by molar-refractivity contribution is 5.97. The van der Waals surface area contributed by atoms with Gasteiger partial charge in [0.25, 0.3) is 5.91 Å². The number of carbonyl (C=O) groups is 2. The zero-order chi connectivity index (χ0) is 24.0. The molecule has 0 unspecified atom stereocenters. The molecule has 0 spiro atoms. The summed E-state index contributed by atoms with van der Waals surface area (Å²) in [5, 5.41) is 3.46. The van der Waals surface area contributed by atoms with Gasteiger partial charge in [-0.3, -0.25) is 4.79 Å². The molecule has 0 aliphatic carbocycles. The van der Waals surface area contributed by atoms with E-state index in [9.17, 15) is 14.4 Å². The molecule has 0 saturated heterocycles. The molecule has 0 radical (unpaired) electrons. The average molecular weight is 452 g/mol. The molecule has 2 aromatic carbocycles. The second kappa shape index (κ2) is 10.8. The summed E-state index contributed by atoms with van der Waals surface area (Å²) in [5.74, 6) is -0.490. The van der Waals surface area contributed by atoms with Crippen molar-refractivity contribution in [3.8, 4) is 5.75 Å². The molecular formula is C26H29NO6. The van der Waals surface area contributed by atoms with Crippen LogP contribution in [0.25, 0.3) is 11.0 Å². The quantitative estimate of drug-likeness (QED) is 0.386. The summed E-state index contributed by atoms with van der Waals surface area (Å²) in [4.78, 5) is 37.5. The van der Waals surface area contributed by atoms with Gasteiger partial charge in [0.2, 0.25) is 0 Å². The fraction of sp³-hybridized carbons (Fsp3) is 0.346. The number of amides is 1. The molecule has 0 aliphatic heterocycles. The molecule has 3 aromatic rings. The lowest BCUT2D eigenvalue weighted by molar-refractivity contribution is -0.148. The predicted molar refractivity (Wildman–Crippen MR) is 125 cm³/mol. The number of hydrogen-bond acceptors (Lipinski definition) is 6. The zero-order valence-corrected chi connectivity index (χ0v) is 19.3. The summed E-state index contributed by atoms with van der Waals surface area (Å²) < 4.78 is 16.2. The number of carbonyl (C=O) groups excluding carboxylic acids is 2. The largest absolute Gasteiger partial charge is 0.494 e. The van der Waals surface area contributed by atoms with Gasteiger partial charge in [-0.2, -0.15) is 0 Å². The molecule has 174 valence electrons. The molecule has 0 saturated carbocycles. The Morgan fingerprint density at radius 3 is 2.39 bits per heavy atom. The number of benzene rings is 2. The third kappa shape index (κ3) is 6.00. The van der Waals surface area contributed by atoms with Crippen LogP contribution in [0.1, 0.15) is 49.2 Å². The van der Waals surface area contributed by atoms with Crippen molar-refractivity contribution in [2.75, 3.05) is 6.61 Å². The van der Waals surface area contributed by atoms with Crippen LogP contribution in [0.2, 0.25) is 0 Å². The number of aryl methyl sites for hydroxylation is 1. The third-order valence-electron chi connectivity index (χ3n) is 5.31. The average Bonchev–Trinajstić information content (AvgIpc) is 2.80. The number of rotatable bonds is 9. The molecule has 0 aliphatic rings. The van der Waals surface area contributed by atoms with Gasteiger partial charge < -0.3 is 19.2 Å². The van der Waals surface area contributed by atoms with E-state index in [1.54, 1.807) is 24.3 Å². The van der Waals surface area contributed by atoms with Crippen molar-refractivity contribution in [2.45, 2.75) is 46.8 Å². The first-order valence-corrected chi connectivity index (χ1v) is 11.1.